The van der Waals surface area contributed by atoms with Crippen LogP contribution >= 0.6 is 12.4 Å². The van der Waals surface area contributed by atoms with Gasteiger partial charge in [-0.05, 0) is 6.08 Å². The van der Waals surface area contributed by atoms with E-state index in [0.717, 1.165) is 0 Å². The normalized spacial score (nSPS) is 6.71. The molecule has 0 aliphatic carbocycles. The zero-order valence-corrected chi connectivity index (χ0v) is 4.34. The van der Waals surface area contributed by atoms with Gasteiger partial charge < -0.3 is 5.73 Å². The van der Waals surface area contributed by atoms with Crippen molar-refractivity contribution in [3.63, 3.8) is 0 Å². The van der Waals surface area contributed by atoms with Gasteiger partial charge in [-0.2, -0.15) is 8.78 Å². The van der Waals surface area contributed by atoms with E-state index in [1.807, 2.05) is 0 Å². The lowest BCUT2D eigenvalue weighted by molar-refractivity contribution is 0.419. The smallest absolute Gasteiger partial charge is 0.267 e. The zero-order chi connectivity index (χ0) is 4.99. The van der Waals surface area contributed by atoms with Crippen molar-refractivity contribution in [2.75, 3.05) is 6.54 Å². The van der Waals surface area contributed by atoms with Crippen molar-refractivity contribution < 1.29 is 8.78 Å². The van der Waals surface area contributed by atoms with Crippen LogP contribution in [0.3, 0.4) is 0 Å². The van der Waals surface area contributed by atoms with Crippen molar-refractivity contribution >= 4 is 12.4 Å². The zero-order valence-electron chi connectivity index (χ0n) is 3.53. The quantitative estimate of drug-likeness (QED) is 0.565. The Morgan fingerprint density at radius 3 is 2.00 bits per heavy atom. The molecule has 7 heavy (non-hydrogen) atoms. The SMILES string of the molecule is Cl.NCC=C(F)F. The van der Waals surface area contributed by atoms with Crippen LogP contribution in [0.4, 0.5) is 8.78 Å². The lowest BCUT2D eigenvalue weighted by Crippen LogP contribution is -1.92. The van der Waals surface area contributed by atoms with E-state index in [2.05, 4.69) is 5.73 Å². The number of hydrogen-bond donors (Lipinski definition) is 1. The third kappa shape index (κ3) is 10.7. The van der Waals surface area contributed by atoms with E-state index in [1.54, 1.807) is 0 Å². The highest BCUT2D eigenvalue weighted by Gasteiger charge is 1.78. The van der Waals surface area contributed by atoms with Crippen LogP contribution in [0.5, 0.6) is 0 Å². The maximum atomic E-state index is 10.8. The predicted molar refractivity (Wildman–Crippen MR) is 26.6 cm³/mol. The second kappa shape index (κ2) is 5.85. The molecule has 0 aromatic heterocycles. The Kier molecular flexibility index (Phi) is 8.33. The van der Waals surface area contributed by atoms with Crippen molar-refractivity contribution in [1.82, 2.24) is 0 Å². The van der Waals surface area contributed by atoms with Gasteiger partial charge in [0.15, 0.2) is 0 Å². The first kappa shape index (κ1) is 9.97. The van der Waals surface area contributed by atoms with Gasteiger partial charge >= 0.3 is 0 Å². The summed E-state index contributed by atoms with van der Waals surface area (Å²) in [6, 6.07) is 0. The molecular weight excluding hydrogens is 123 g/mol. The molecule has 0 aliphatic rings. The van der Waals surface area contributed by atoms with Gasteiger partial charge in [0.05, 0.1) is 0 Å². The van der Waals surface area contributed by atoms with Gasteiger partial charge in [0.25, 0.3) is 6.08 Å². The van der Waals surface area contributed by atoms with Crippen LogP contribution in [0.15, 0.2) is 12.2 Å². The summed E-state index contributed by atoms with van der Waals surface area (Å²) in [4.78, 5) is 0. The summed E-state index contributed by atoms with van der Waals surface area (Å²) < 4.78 is 21.6. The topological polar surface area (TPSA) is 26.0 Å². The fourth-order valence-corrected chi connectivity index (χ4v) is 0.0891. The van der Waals surface area contributed by atoms with Gasteiger partial charge in [-0.3, -0.25) is 0 Å². The molecule has 0 radical (unpaired) electrons. The van der Waals surface area contributed by atoms with Gasteiger partial charge in [-0.15, -0.1) is 12.4 Å². The Morgan fingerprint density at radius 1 is 1.57 bits per heavy atom. The van der Waals surface area contributed by atoms with Crippen molar-refractivity contribution in [3.05, 3.63) is 12.2 Å². The largest absolute Gasteiger partial charge is 0.327 e. The summed E-state index contributed by atoms with van der Waals surface area (Å²) in [7, 11) is 0. The van der Waals surface area contributed by atoms with Crippen molar-refractivity contribution in [1.29, 1.82) is 0 Å². The maximum Gasteiger partial charge on any atom is 0.267 e. The summed E-state index contributed by atoms with van der Waals surface area (Å²) in [6.45, 7) is -0.0810. The van der Waals surface area contributed by atoms with E-state index in [-0.39, 0.29) is 19.0 Å². The average molecular weight is 130 g/mol. The molecule has 4 heteroatoms. The van der Waals surface area contributed by atoms with Crippen LogP contribution in [0.1, 0.15) is 0 Å². The van der Waals surface area contributed by atoms with Gasteiger partial charge in [0, 0.05) is 6.54 Å². The van der Waals surface area contributed by atoms with Crippen LogP contribution < -0.4 is 5.73 Å². The molecule has 0 aromatic rings. The van der Waals surface area contributed by atoms with Gasteiger partial charge in [0.1, 0.15) is 0 Å². The van der Waals surface area contributed by atoms with E-state index in [9.17, 15) is 8.78 Å². The third-order valence-corrected chi connectivity index (χ3v) is 0.272. The number of rotatable bonds is 1. The fourth-order valence-electron chi connectivity index (χ4n) is 0.0891. The maximum absolute atomic E-state index is 10.8. The molecule has 0 saturated carbocycles. The van der Waals surface area contributed by atoms with Crippen LogP contribution in [0, 0.1) is 0 Å². The lowest BCUT2D eigenvalue weighted by atomic mass is 10.6. The van der Waals surface area contributed by atoms with Crippen LogP contribution in [0.25, 0.3) is 0 Å². The molecule has 0 aliphatic heterocycles. The van der Waals surface area contributed by atoms with E-state index in [4.69, 9.17) is 0 Å². The van der Waals surface area contributed by atoms with Crippen molar-refractivity contribution in [2.24, 2.45) is 5.73 Å². The van der Waals surface area contributed by atoms with E-state index in [1.165, 1.54) is 0 Å². The molecule has 0 heterocycles. The summed E-state index contributed by atoms with van der Waals surface area (Å²) >= 11 is 0. The molecule has 0 rings (SSSR count). The molecule has 44 valence electrons. The molecule has 0 atom stereocenters. The molecule has 2 N–H and O–H groups in total. The molecule has 0 unspecified atom stereocenters. The summed E-state index contributed by atoms with van der Waals surface area (Å²) in [5.74, 6) is 0. The van der Waals surface area contributed by atoms with Gasteiger partial charge in [-0.25, -0.2) is 0 Å². The Morgan fingerprint density at radius 2 is 2.00 bits per heavy atom. The first-order valence-corrected chi connectivity index (χ1v) is 1.48. The monoisotopic (exact) mass is 129 g/mol. The molecule has 0 fully saturated rings. The highest BCUT2D eigenvalue weighted by atomic mass is 35.5. The van der Waals surface area contributed by atoms with Crippen LogP contribution in [0.2, 0.25) is 0 Å². The second-order valence-electron chi connectivity index (χ2n) is 0.729. The third-order valence-electron chi connectivity index (χ3n) is 0.272. The standard InChI is InChI=1S/C3H5F2N.ClH/c4-3(5)1-2-6;/h1H,2,6H2;1H. The molecule has 0 saturated heterocycles. The Bertz CT molecular complexity index is 60.0. The lowest BCUT2D eigenvalue weighted by Gasteiger charge is -1.72. The van der Waals surface area contributed by atoms with Crippen LogP contribution in [-0.2, 0) is 0 Å². The molecule has 0 spiro atoms. The minimum Gasteiger partial charge on any atom is -0.327 e. The number of hydrogen-bond acceptors (Lipinski definition) is 1. The van der Waals surface area contributed by atoms with Crippen molar-refractivity contribution in [3.8, 4) is 0 Å². The number of nitrogens with two attached hydrogens (primary N) is 1. The summed E-state index contributed by atoms with van der Waals surface area (Å²) in [5.41, 5.74) is 4.67. The van der Waals surface area contributed by atoms with E-state index in [0.29, 0.717) is 6.08 Å². The van der Waals surface area contributed by atoms with Crippen molar-refractivity contribution in [2.45, 2.75) is 0 Å². The minimum atomic E-state index is -1.71. The predicted octanol–water partition coefficient (Wildman–Crippen LogP) is 1.15. The van der Waals surface area contributed by atoms with Crippen LogP contribution in [-0.4, -0.2) is 6.54 Å². The highest BCUT2D eigenvalue weighted by Crippen LogP contribution is 1.92. The number of halogens is 3. The summed E-state index contributed by atoms with van der Waals surface area (Å²) in [5, 5.41) is 0. The molecule has 0 aromatic carbocycles. The Balaban J connectivity index is 0. The van der Waals surface area contributed by atoms with E-state index < -0.39 is 6.08 Å². The molecule has 0 bridgehead atoms. The summed E-state index contributed by atoms with van der Waals surface area (Å²) in [6.07, 6.45) is -1.06. The second-order valence-corrected chi connectivity index (χ2v) is 0.729. The average Bonchev–Trinajstić information content (AvgIpc) is 1.35. The van der Waals surface area contributed by atoms with Gasteiger partial charge in [0.2, 0.25) is 0 Å². The van der Waals surface area contributed by atoms with Gasteiger partial charge in [-0.1, -0.05) is 0 Å². The highest BCUT2D eigenvalue weighted by molar-refractivity contribution is 5.85. The fraction of sp³-hybridized carbons (Fsp3) is 0.333. The molecule has 0 amide bonds. The molecule has 1 nitrogen and oxygen atoms in total. The first-order valence-electron chi connectivity index (χ1n) is 1.48. The first-order chi connectivity index (χ1) is 2.77. The molecular formula is C3H6ClF2N. The minimum absolute atomic E-state index is 0. The van der Waals surface area contributed by atoms with E-state index >= 15 is 0 Å². The Labute approximate surface area is 46.6 Å². The Hall–Kier alpha value is -0.150.